The van der Waals surface area contributed by atoms with Crippen LogP contribution in [0.2, 0.25) is 0 Å². The second-order valence-corrected chi connectivity index (χ2v) is 6.60. The Labute approximate surface area is 164 Å². The normalized spacial score (nSPS) is 14.0. The molecule has 0 bridgehead atoms. The first-order chi connectivity index (χ1) is 13.8. The van der Waals surface area contributed by atoms with Crippen LogP contribution < -0.4 is 10.2 Å². The molecule has 1 aromatic carbocycles. The smallest absolute Gasteiger partial charge is 0.272 e. The first-order valence-corrected chi connectivity index (χ1v) is 9.35. The quantitative estimate of drug-likeness (QED) is 0.739. The van der Waals surface area contributed by atoms with E-state index >= 15 is 0 Å². The lowest BCUT2D eigenvalue weighted by atomic mass is 10.2. The number of carbonyl (C=O) groups is 1. The van der Waals surface area contributed by atoms with E-state index < -0.39 is 0 Å². The number of benzene rings is 1. The number of hydrogen-bond donors (Lipinski definition) is 1. The first kappa shape index (κ1) is 17.9. The summed E-state index contributed by atoms with van der Waals surface area (Å²) in [5.41, 5.74) is 2.56. The third-order valence-corrected chi connectivity index (χ3v) is 4.72. The van der Waals surface area contributed by atoms with E-state index in [1.807, 2.05) is 29.2 Å². The molecule has 0 atom stereocenters. The van der Waals surface area contributed by atoms with Gasteiger partial charge in [-0.25, -0.2) is 15.0 Å². The third-order valence-electron chi connectivity index (χ3n) is 4.72. The molecule has 0 spiro atoms. The van der Waals surface area contributed by atoms with Crippen LogP contribution in [-0.4, -0.2) is 51.9 Å². The fourth-order valence-electron chi connectivity index (χ4n) is 3.15. The van der Waals surface area contributed by atoms with Crippen LogP contribution in [0.5, 0.6) is 0 Å². The van der Waals surface area contributed by atoms with Gasteiger partial charge in [0, 0.05) is 45.1 Å². The summed E-state index contributed by atoms with van der Waals surface area (Å²) in [5, 5.41) is 3.32. The van der Waals surface area contributed by atoms with Crippen LogP contribution in [-0.2, 0) is 6.54 Å². The van der Waals surface area contributed by atoms with E-state index in [1.54, 1.807) is 30.7 Å². The van der Waals surface area contributed by atoms with Gasteiger partial charge >= 0.3 is 0 Å². The maximum Gasteiger partial charge on any atom is 0.272 e. The van der Waals surface area contributed by atoms with Gasteiger partial charge in [-0.2, -0.15) is 0 Å². The van der Waals surface area contributed by atoms with Crippen molar-refractivity contribution < 1.29 is 4.79 Å². The van der Waals surface area contributed by atoms with Gasteiger partial charge in [0.15, 0.2) is 0 Å². The highest BCUT2D eigenvalue weighted by molar-refractivity contribution is 5.92. The Bertz CT molecular complexity index is 893. The van der Waals surface area contributed by atoms with E-state index in [2.05, 4.69) is 37.3 Å². The number of nitrogens with one attached hydrogen (secondary N) is 1. The van der Waals surface area contributed by atoms with Gasteiger partial charge in [0.1, 0.15) is 5.69 Å². The molecule has 0 unspecified atom stereocenters. The van der Waals surface area contributed by atoms with Crippen molar-refractivity contribution in [3.8, 4) is 0 Å². The van der Waals surface area contributed by atoms with Gasteiger partial charge in [0.2, 0.25) is 5.95 Å². The standard InChI is InChI=1S/C21H22N6O/c28-20(26-11-13-27(14-12-26)21-22-9-4-10-23-21)19-8-7-18(16-25-19)24-15-17-5-2-1-3-6-17/h1-10,16,24H,11-15H2. The number of rotatable bonds is 5. The Morgan fingerprint density at radius 1 is 0.893 bits per heavy atom. The molecule has 7 nitrogen and oxygen atoms in total. The van der Waals surface area contributed by atoms with E-state index in [0.717, 1.165) is 12.2 Å². The molecule has 1 saturated heterocycles. The summed E-state index contributed by atoms with van der Waals surface area (Å²) in [6, 6.07) is 15.6. The van der Waals surface area contributed by atoms with Crippen LogP contribution in [0.25, 0.3) is 0 Å². The Morgan fingerprint density at radius 2 is 1.64 bits per heavy atom. The van der Waals surface area contributed by atoms with Crippen LogP contribution in [0.4, 0.5) is 11.6 Å². The molecule has 0 saturated carbocycles. The molecule has 28 heavy (non-hydrogen) atoms. The maximum absolute atomic E-state index is 12.7. The van der Waals surface area contributed by atoms with E-state index in [4.69, 9.17) is 0 Å². The Morgan fingerprint density at radius 3 is 2.32 bits per heavy atom. The summed E-state index contributed by atoms with van der Waals surface area (Å²) in [5.74, 6) is 0.671. The molecule has 0 radical (unpaired) electrons. The second kappa shape index (κ2) is 8.47. The molecule has 1 aliphatic rings. The molecular formula is C21H22N6O. The Hall–Kier alpha value is -3.48. The van der Waals surface area contributed by atoms with Gasteiger partial charge in [-0.1, -0.05) is 30.3 Å². The lowest BCUT2D eigenvalue weighted by Gasteiger charge is -2.34. The highest BCUT2D eigenvalue weighted by atomic mass is 16.2. The molecule has 1 fully saturated rings. The largest absolute Gasteiger partial charge is 0.380 e. The zero-order valence-corrected chi connectivity index (χ0v) is 15.5. The molecule has 2 aromatic heterocycles. The number of aromatic nitrogens is 3. The van der Waals surface area contributed by atoms with Crippen molar-refractivity contribution >= 4 is 17.5 Å². The van der Waals surface area contributed by atoms with Crippen LogP contribution in [0, 0.1) is 0 Å². The van der Waals surface area contributed by atoms with Gasteiger partial charge in [0.05, 0.1) is 11.9 Å². The number of nitrogens with zero attached hydrogens (tertiary/aromatic N) is 5. The number of pyridine rings is 1. The van der Waals surface area contributed by atoms with Crippen molar-refractivity contribution in [2.45, 2.75) is 6.54 Å². The Kier molecular flexibility index (Phi) is 5.42. The highest BCUT2D eigenvalue weighted by Gasteiger charge is 2.24. The summed E-state index contributed by atoms with van der Waals surface area (Å²) >= 11 is 0. The number of amides is 1. The second-order valence-electron chi connectivity index (χ2n) is 6.60. The topological polar surface area (TPSA) is 74.2 Å². The average Bonchev–Trinajstić information content (AvgIpc) is 2.79. The van der Waals surface area contributed by atoms with Crippen LogP contribution in [0.15, 0.2) is 67.1 Å². The van der Waals surface area contributed by atoms with Crippen molar-refractivity contribution in [3.05, 3.63) is 78.4 Å². The molecule has 142 valence electrons. The van der Waals surface area contributed by atoms with Crippen molar-refractivity contribution in [2.75, 3.05) is 36.4 Å². The van der Waals surface area contributed by atoms with Crippen molar-refractivity contribution in [3.63, 3.8) is 0 Å². The first-order valence-electron chi connectivity index (χ1n) is 9.35. The summed E-state index contributed by atoms with van der Waals surface area (Å²) in [6.45, 7) is 3.41. The molecule has 3 heterocycles. The van der Waals surface area contributed by atoms with Crippen molar-refractivity contribution in [1.82, 2.24) is 19.9 Å². The predicted octanol–water partition coefficient (Wildman–Crippen LogP) is 2.45. The fraction of sp³-hybridized carbons (Fsp3) is 0.238. The summed E-state index contributed by atoms with van der Waals surface area (Å²) in [7, 11) is 0. The van der Waals surface area contributed by atoms with Crippen LogP contribution in [0.1, 0.15) is 16.1 Å². The van der Waals surface area contributed by atoms with Crippen LogP contribution in [0.3, 0.4) is 0 Å². The number of anilines is 2. The van der Waals surface area contributed by atoms with Crippen molar-refractivity contribution in [1.29, 1.82) is 0 Å². The highest BCUT2D eigenvalue weighted by Crippen LogP contribution is 2.14. The minimum absolute atomic E-state index is 0.0387. The van der Waals surface area contributed by atoms with Gasteiger partial charge in [-0.05, 0) is 23.8 Å². The fourth-order valence-corrected chi connectivity index (χ4v) is 3.15. The minimum Gasteiger partial charge on any atom is -0.380 e. The number of carbonyl (C=O) groups excluding carboxylic acids is 1. The lowest BCUT2D eigenvalue weighted by molar-refractivity contribution is 0.0740. The monoisotopic (exact) mass is 374 g/mol. The van der Waals surface area contributed by atoms with E-state index in [9.17, 15) is 4.79 Å². The molecule has 7 heteroatoms. The SMILES string of the molecule is O=C(c1ccc(NCc2ccccc2)cn1)N1CCN(c2ncccn2)CC1. The third kappa shape index (κ3) is 4.25. The molecule has 0 aliphatic carbocycles. The van der Waals surface area contributed by atoms with E-state index in [1.165, 1.54) is 5.56 Å². The molecule has 4 rings (SSSR count). The lowest BCUT2D eigenvalue weighted by Crippen LogP contribution is -2.49. The summed E-state index contributed by atoms with van der Waals surface area (Å²) in [6.07, 6.45) is 5.18. The van der Waals surface area contributed by atoms with Gasteiger partial charge < -0.3 is 15.1 Å². The molecule has 1 aliphatic heterocycles. The molecular weight excluding hydrogens is 352 g/mol. The predicted molar refractivity (Wildman–Crippen MR) is 108 cm³/mol. The zero-order valence-electron chi connectivity index (χ0n) is 15.5. The van der Waals surface area contributed by atoms with Crippen molar-refractivity contribution in [2.24, 2.45) is 0 Å². The van der Waals surface area contributed by atoms with Gasteiger partial charge in [0.25, 0.3) is 5.91 Å². The Balaban J connectivity index is 1.31. The molecule has 1 amide bonds. The zero-order chi connectivity index (χ0) is 19.2. The number of hydrogen-bond acceptors (Lipinski definition) is 6. The summed E-state index contributed by atoms with van der Waals surface area (Å²) < 4.78 is 0. The van der Waals surface area contributed by atoms with Gasteiger partial charge in [-0.15, -0.1) is 0 Å². The van der Waals surface area contributed by atoms with E-state index in [-0.39, 0.29) is 5.91 Å². The maximum atomic E-state index is 12.7. The van der Waals surface area contributed by atoms with E-state index in [0.29, 0.717) is 37.8 Å². The number of piperazine rings is 1. The molecule has 3 aromatic rings. The van der Waals surface area contributed by atoms with Crippen LogP contribution >= 0.6 is 0 Å². The minimum atomic E-state index is -0.0387. The average molecular weight is 374 g/mol. The summed E-state index contributed by atoms with van der Waals surface area (Å²) in [4.78, 5) is 29.5. The van der Waals surface area contributed by atoms with Gasteiger partial charge in [-0.3, -0.25) is 4.79 Å². The molecule has 1 N–H and O–H groups in total.